The topological polar surface area (TPSA) is 62.8 Å². The van der Waals surface area contributed by atoms with Gasteiger partial charge in [-0.3, -0.25) is 5.41 Å². The second kappa shape index (κ2) is 5.21. The van der Waals surface area contributed by atoms with Gasteiger partial charge in [0.25, 0.3) is 0 Å². The fourth-order valence-electron chi connectivity index (χ4n) is 1.28. The van der Waals surface area contributed by atoms with Crippen LogP contribution in [0.2, 0.25) is 5.02 Å². The van der Waals surface area contributed by atoms with Crippen LogP contribution >= 0.6 is 23.4 Å². The summed E-state index contributed by atoms with van der Waals surface area (Å²) in [5, 5.41) is 8.85. The van der Waals surface area contributed by atoms with Crippen LogP contribution in [0.3, 0.4) is 0 Å². The van der Waals surface area contributed by atoms with Crippen molar-refractivity contribution in [1.82, 2.24) is 4.98 Å². The average Bonchev–Trinajstić information content (AvgIpc) is 2.29. The number of nitrogens with two attached hydrogens (primary N) is 1. The average molecular weight is 264 g/mol. The summed E-state index contributed by atoms with van der Waals surface area (Å²) in [4.78, 5) is 5.22. The summed E-state index contributed by atoms with van der Waals surface area (Å²) in [6, 6.07) is 11.0. The third-order valence-electron chi connectivity index (χ3n) is 2.06. The standard InChI is InChI=1S/C12H10ClN3S/c13-9-2-1-3-10(7-9)17-11-6-8(12(14)15)4-5-16-11/h1-7H,(H3,14,15). The Hall–Kier alpha value is -1.52. The lowest BCUT2D eigenvalue weighted by Crippen LogP contribution is -2.10. The Bertz CT molecular complexity index is 557. The number of pyridine rings is 1. The number of halogens is 1. The Labute approximate surface area is 109 Å². The second-order valence-electron chi connectivity index (χ2n) is 3.36. The summed E-state index contributed by atoms with van der Waals surface area (Å²) in [7, 11) is 0. The van der Waals surface area contributed by atoms with Crippen LogP contribution in [-0.4, -0.2) is 10.8 Å². The monoisotopic (exact) mass is 263 g/mol. The maximum absolute atomic E-state index is 7.37. The molecule has 0 aliphatic heterocycles. The molecule has 5 heteroatoms. The minimum Gasteiger partial charge on any atom is -0.384 e. The summed E-state index contributed by atoms with van der Waals surface area (Å²) in [6.45, 7) is 0. The number of aromatic nitrogens is 1. The van der Waals surface area contributed by atoms with Gasteiger partial charge in [0, 0.05) is 21.7 Å². The van der Waals surface area contributed by atoms with Gasteiger partial charge in [0.2, 0.25) is 0 Å². The van der Waals surface area contributed by atoms with Gasteiger partial charge in [0.15, 0.2) is 0 Å². The molecule has 1 heterocycles. The molecular weight excluding hydrogens is 254 g/mol. The number of hydrogen-bond acceptors (Lipinski definition) is 3. The largest absolute Gasteiger partial charge is 0.384 e. The summed E-state index contributed by atoms with van der Waals surface area (Å²) in [5.74, 6) is 0.0420. The Morgan fingerprint density at radius 2 is 2.12 bits per heavy atom. The van der Waals surface area contributed by atoms with Crippen molar-refractivity contribution in [3.63, 3.8) is 0 Å². The predicted molar refractivity (Wildman–Crippen MR) is 70.8 cm³/mol. The van der Waals surface area contributed by atoms with Crippen LogP contribution < -0.4 is 5.73 Å². The number of hydrogen-bond donors (Lipinski definition) is 2. The van der Waals surface area contributed by atoms with E-state index in [9.17, 15) is 0 Å². The molecule has 3 N–H and O–H groups in total. The van der Waals surface area contributed by atoms with E-state index in [-0.39, 0.29) is 5.84 Å². The Morgan fingerprint density at radius 3 is 2.82 bits per heavy atom. The molecule has 0 radical (unpaired) electrons. The van der Waals surface area contributed by atoms with Crippen molar-refractivity contribution in [1.29, 1.82) is 5.41 Å². The highest BCUT2D eigenvalue weighted by atomic mass is 35.5. The predicted octanol–water partition coefficient (Wildman–Crippen LogP) is 3.17. The molecule has 0 aliphatic rings. The quantitative estimate of drug-likeness (QED) is 0.660. The number of nitrogens with one attached hydrogen (secondary N) is 1. The lowest BCUT2D eigenvalue weighted by molar-refractivity contribution is 1.12. The smallest absolute Gasteiger partial charge is 0.122 e. The summed E-state index contributed by atoms with van der Waals surface area (Å²) >= 11 is 7.39. The van der Waals surface area contributed by atoms with E-state index in [0.29, 0.717) is 10.6 Å². The molecule has 17 heavy (non-hydrogen) atoms. The first-order valence-corrected chi connectivity index (χ1v) is 6.08. The molecule has 0 atom stereocenters. The Morgan fingerprint density at radius 1 is 1.29 bits per heavy atom. The zero-order chi connectivity index (χ0) is 12.3. The van der Waals surface area contributed by atoms with Crippen molar-refractivity contribution in [3.05, 3.63) is 53.2 Å². The van der Waals surface area contributed by atoms with Gasteiger partial charge in [-0.25, -0.2) is 4.98 Å². The highest BCUT2D eigenvalue weighted by Crippen LogP contribution is 2.28. The van der Waals surface area contributed by atoms with E-state index in [1.807, 2.05) is 24.3 Å². The summed E-state index contributed by atoms with van der Waals surface area (Å²) < 4.78 is 0. The SMILES string of the molecule is N=C(N)c1ccnc(Sc2cccc(Cl)c2)c1. The molecule has 2 aromatic rings. The van der Waals surface area contributed by atoms with Gasteiger partial charge in [0.05, 0.1) is 0 Å². The molecular formula is C12H10ClN3S. The number of rotatable bonds is 3. The van der Waals surface area contributed by atoms with E-state index < -0.39 is 0 Å². The van der Waals surface area contributed by atoms with Gasteiger partial charge in [-0.2, -0.15) is 0 Å². The zero-order valence-corrected chi connectivity index (χ0v) is 10.4. The van der Waals surface area contributed by atoms with Crippen molar-refractivity contribution < 1.29 is 0 Å². The lowest BCUT2D eigenvalue weighted by Gasteiger charge is -2.03. The molecule has 0 saturated heterocycles. The summed E-state index contributed by atoms with van der Waals surface area (Å²) in [5.41, 5.74) is 6.10. The molecule has 86 valence electrons. The second-order valence-corrected chi connectivity index (χ2v) is 4.89. The van der Waals surface area contributed by atoms with Gasteiger partial charge in [-0.15, -0.1) is 0 Å². The van der Waals surface area contributed by atoms with Crippen molar-refractivity contribution in [2.75, 3.05) is 0 Å². The van der Waals surface area contributed by atoms with E-state index in [2.05, 4.69) is 4.98 Å². The summed E-state index contributed by atoms with van der Waals surface area (Å²) in [6.07, 6.45) is 1.64. The maximum atomic E-state index is 7.37. The molecule has 0 aliphatic carbocycles. The third-order valence-corrected chi connectivity index (χ3v) is 3.22. The highest BCUT2D eigenvalue weighted by Gasteiger charge is 2.02. The Balaban J connectivity index is 2.24. The first-order valence-electron chi connectivity index (χ1n) is 4.89. The van der Waals surface area contributed by atoms with Gasteiger partial charge >= 0.3 is 0 Å². The van der Waals surface area contributed by atoms with Crippen molar-refractivity contribution in [3.8, 4) is 0 Å². The van der Waals surface area contributed by atoms with Crippen LogP contribution in [0, 0.1) is 5.41 Å². The van der Waals surface area contributed by atoms with Crippen LogP contribution in [0.1, 0.15) is 5.56 Å². The van der Waals surface area contributed by atoms with Gasteiger partial charge < -0.3 is 5.73 Å². The molecule has 3 nitrogen and oxygen atoms in total. The molecule has 0 amide bonds. The minimum atomic E-state index is 0.0420. The first-order chi connectivity index (χ1) is 8.15. The first kappa shape index (κ1) is 12.0. The van der Waals surface area contributed by atoms with Crippen LogP contribution in [0.25, 0.3) is 0 Å². The van der Waals surface area contributed by atoms with E-state index >= 15 is 0 Å². The van der Waals surface area contributed by atoms with E-state index in [1.165, 1.54) is 11.8 Å². The minimum absolute atomic E-state index is 0.0420. The normalized spacial score (nSPS) is 10.2. The lowest BCUT2D eigenvalue weighted by atomic mass is 10.2. The maximum Gasteiger partial charge on any atom is 0.122 e. The Kier molecular flexibility index (Phi) is 3.66. The van der Waals surface area contributed by atoms with Crippen LogP contribution in [-0.2, 0) is 0 Å². The molecule has 1 aromatic carbocycles. The van der Waals surface area contributed by atoms with E-state index in [4.69, 9.17) is 22.7 Å². The van der Waals surface area contributed by atoms with Gasteiger partial charge in [0.1, 0.15) is 10.9 Å². The van der Waals surface area contributed by atoms with Gasteiger partial charge in [-0.05, 0) is 30.3 Å². The number of amidine groups is 1. The molecule has 1 aromatic heterocycles. The highest BCUT2D eigenvalue weighted by molar-refractivity contribution is 7.99. The van der Waals surface area contributed by atoms with E-state index in [1.54, 1.807) is 18.3 Å². The number of nitrogens with zero attached hydrogens (tertiary/aromatic N) is 1. The van der Waals surface area contributed by atoms with Crippen LogP contribution in [0.15, 0.2) is 52.5 Å². The molecule has 0 spiro atoms. The molecule has 2 rings (SSSR count). The number of benzene rings is 1. The zero-order valence-electron chi connectivity index (χ0n) is 8.85. The third kappa shape index (κ3) is 3.22. The molecule has 0 fully saturated rings. The molecule has 0 saturated carbocycles. The van der Waals surface area contributed by atoms with Crippen LogP contribution in [0.5, 0.6) is 0 Å². The van der Waals surface area contributed by atoms with Crippen molar-refractivity contribution in [2.24, 2.45) is 5.73 Å². The molecule has 0 bridgehead atoms. The fourth-order valence-corrected chi connectivity index (χ4v) is 2.41. The van der Waals surface area contributed by atoms with Gasteiger partial charge in [-0.1, -0.05) is 29.4 Å². The van der Waals surface area contributed by atoms with E-state index in [0.717, 1.165) is 9.92 Å². The fraction of sp³-hybridized carbons (Fsp3) is 0. The van der Waals surface area contributed by atoms with Crippen molar-refractivity contribution in [2.45, 2.75) is 9.92 Å². The van der Waals surface area contributed by atoms with Crippen molar-refractivity contribution >= 4 is 29.2 Å². The molecule has 0 unspecified atom stereocenters. The number of nitrogen functional groups attached to an aromatic ring is 1. The van der Waals surface area contributed by atoms with Crippen LogP contribution in [0.4, 0.5) is 0 Å².